The summed E-state index contributed by atoms with van der Waals surface area (Å²) in [6.07, 6.45) is 3.54. The molecule has 1 heterocycles. The molecule has 0 aromatic carbocycles. The monoisotopic (exact) mass is 283 g/mol. The Hall–Kier alpha value is -1.24. The second-order valence-corrected chi connectivity index (χ2v) is 6.18. The maximum Gasteiger partial charge on any atom is 0.230 e. The van der Waals surface area contributed by atoms with Crippen molar-refractivity contribution in [1.29, 1.82) is 0 Å². The maximum atomic E-state index is 11.9. The number of aromatic amines is 1. The average molecular weight is 283 g/mol. The van der Waals surface area contributed by atoms with Gasteiger partial charge in [-0.05, 0) is 18.3 Å². The van der Waals surface area contributed by atoms with Gasteiger partial charge in [-0.25, -0.2) is 5.10 Å². The Morgan fingerprint density at radius 1 is 1.53 bits per heavy atom. The van der Waals surface area contributed by atoms with Crippen molar-refractivity contribution in [2.45, 2.75) is 44.3 Å². The molecule has 4 N–H and O–H groups in total. The fraction of sp³-hybridized carbons (Fsp3) is 0.750. The van der Waals surface area contributed by atoms with E-state index in [0.717, 1.165) is 6.42 Å². The smallest absolute Gasteiger partial charge is 0.230 e. The summed E-state index contributed by atoms with van der Waals surface area (Å²) in [4.78, 5) is 15.9. The van der Waals surface area contributed by atoms with E-state index in [9.17, 15) is 4.79 Å². The molecule has 0 bridgehead atoms. The molecule has 1 fully saturated rings. The first-order chi connectivity index (χ1) is 9.06. The van der Waals surface area contributed by atoms with Gasteiger partial charge < -0.3 is 11.1 Å². The van der Waals surface area contributed by atoms with Gasteiger partial charge in [-0.3, -0.25) is 4.79 Å². The topological polar surface area (TPSA) is 96.7 Å². The van der Waals surface area contributed by atoms with Gasteiger partial charge in [0.15, 0.2) is 0 Å². The van der Waals surface area contributed by atoms with Crippen molar-refractivity contribution in [2.75, 3.05) is 11.5 Å². The second-order valence-electron chi connectivity index (χ2n) is 5.23. The normalized spacial score (nSPS) is 27.2. The summed E-state index contributed by atoms with van der Waals surface area (Å²) >= 11 is 1.29. The quantitative estimate of drug-likeness (QED) is 0.726. The van der Waals surface area contributed by atoms with Crippen LogP contribution in [-0.2, 0) is 4.79 Å². The number of carbonyl (C=O) groups is 1. The molecule has 106 valence electrons. The van der Waals surface area contributed by atoms with E-state index < -0.39 is 0 Å². The van der Waals surface area contributed by atoms with Crippen LogP contribution in [0, 0.1) is 11.8 Å². The number of H-pyrrole nitrogens is 1. The predicted molar refractivity (Wildman–Crippen MR) is 75.6 cm³/mol. The van der Waals surface area contributed by atoms with Crippen molar-refractivity contribution < 1.29 is 4.79 Å². The molecule has 1 aromatic rings. The first kappa shape index (κ1) is 14.2. The highest BCUT2D eigenvalue weighted by Gasteiger charge is 2.28. The van der Waals surface area contributed by atoms with Crippen molar-refractivity contribution in [3.05, 3.63) is 0 Å². The Balaban J connectivity index is 1.77. The van der Waals surface area contributed by atoms with E-state index in [-0.39, 0.29) is 11.9 Å². The highest BCUT2D eigenvalue weighted by molar-refractivity contribution is 7.99. The molecular formula is C12H21N5OS. The number of hydrogen-bond acceptors (Lipinski definition) is 5. The van der Waals surface area contributed by atoms with Crippen molar-refractivity contribution >= 4 is 23.6 Å². The Kier molecular flexibility index (Phi) is 4.68. The number of thioether (sulfide) groups is 1. The van der Waals surface area contributed by atoms with Gasteiger partial charge in [-0.2, -0.15) is 4.98 Å². The Bertz CT molecular complexity index is 436. The minimum Gasteiger partial charge on any atom is -0.368 e. The number of anilines is 1. The Morgan fingerprint density at radius 3 is 3.00 bits per heavy atom. The third kappa shape index (κ3) is 3.86. The zero-order valence-corrected chi connectivity index (χ0v) is 12.2. The number of rotatable bonds is 4. The zero-order chi connectivity index (χ0) is 13.8. The number of amides is 1. The molecular weight excluding hydrogens is 262 g/mol. The molecule has 19 heavy (non-hydrogen) atoms. The minimum atomic E-state index is 0.0410. The molecule has 1 saturated carbocycles. The van der Waals surface area contributed by atoms with E-state index in [4.69, 9.17) is 5.73 Å². The fourth-order valence-corrected chi connectivity index (χ4v) is 3.10. The van der Waals surface area contributed by atoms with Crippen LogP contribution in [0.2, 0.25) is 0 Å². The summed E-state index contributed by atoms with van der Waals surface area (Å²) in [7, 11) is 0. The predicted octanol–water partition coefficient (Wildman–Crippen LogP) is 1.42. The number of nitrogen functional groups attached to an aromatic ring is 1. The Morgan fingerprint density at radius 2 is 2.32 bits per heavy atom. The van der Waals surface area contributed by atoms with E-state index in [1.807, 2.05) is 0 Å². The third-order valence-electron chi connectivity index (χ3n) is 3.87. The van der Waals surface area contributed by atoms with Gasteiger partial charge in [0.05, 0.1) is 5.75 Å². The van der Waals surface area contributed by atoms with E-state index >= 15 is 0 Å². The lowest BCUT2D eigenvalue weighted by atomic mass is 9.78. The number of carbonyl (C=O) groups excluding carboxylic acids is 1. The summed E-state index contributed by atoms with van der Waals surface area (Å²) in [5.74, 6) is 1.87. The van der Waals surface area contributed by atoms with Crippen molar-refractivity contribution in [1.82, 2.24) is 20.5 Å². The molecule has 0 aliphatic heterocycles. The number of hydrogen-bond donors (Lipinski definition) is 3. The van der Waals surface area contributed by atoms with Crippen LogP contribution in [-0.4, -0.2) is 32.9 Å². The number of nitrogens with one attached hydrogen (secondary N) is 2. The van der Waals surface area contributed by atoms with Gasteiger partial charge in [0.25, 0.3) is 0 Å². The minimum absolute atomic E-state index is 0.0410. The Labute approximate surface area is 117 Å². The molecule has 0 unspecified atom stereocenters. The highest BCUT2D eigenvalue weighted by atomic mass is 32.2. The molecule has 0 radical (unpaired) electrons. The van der Waals surface area contributed by atoms with Crippen molar-refractivity contribution in [3.63, 3.8) is 0 Å². The first-order valence-electron chi connectivity index (χ1n) is 6.66. The van der Waals surface area contributed by atoms with Crippen LogP contribution in [0.1, 0.15) is 33.1 Å². The summed E-state index contributed by atoms with van der Waals surface area (Å²) in [5.41, 5.74) is 5.42. The largest absolute Gasteiger partial charge is 0.368 e. The van der Waals surface area contributed by atoms with Crippen LogP contribution in [0.25, 0.3) is 0 Å². The van der Waals surface area contributed by atoms with Gasteiger partial charge in [0, 0.05) is 6.04 Å². The van der Waals surface area contributed by atoms with E-state index in [1.165, 1.54) is 24.6 Å². The maximum absolute atomic E-state index is 11.9. The molecule has 6 nitrogen and oxygen atoms in total. The molecule has 1 aliphatic rings. The first-order valence-corrected chi connectivity index (χ1v) is 7.65. The summed E-state index contributed by atoms with van der Waals surface area (Å²) < 4.78 is 0. The van der Waals surface area contributed by atoms with Gasteiger partial charge in [-0.15, -0.1) is 5.10 Å². The van der Waals surface area contributed by atoms with E-state index in [2.05, 4.69) is 34.3 Å². The van der Waals surface area contributed by atoms with E-state index in [1.54, 1.807) is 0 Å². The molecule has 1 aliphatic carbocycles. The number of nitrogens with two attached hydrogens (primary N) is 1. The van der Waals surface area contributed by atoms with Gasteiger partial charge in [0.1, 0.15) is 0 Å². The van der Waals surface area contributed by atoms with Gasteiger partial charge >= 0.3 is 0 Å². The number of nitrogens with zero attached hydrogens (tertiary/aromatic N) is 2. The number of aromatic nitrogens is 3. The lowest BCUT2D eigenvalue weighted by Crippen LogP contribution is -2.44. The molecule has 0 saturated heterocycles. The summed E-state index contributed by atoms with van der Waals surface area (Å²) in [6.45, 7) is 4.48. The molecule has 3 atom stereocenters. The van der Waals surface area contributed by atoms with Gasteiger partial charge in [0.2, 0.25) is 17.0 Å². The molecule has 1 aromatic heterocycles. The fourth-order valence-electron chi connectivity index (χ4n) is 2.49. The van der Waals surface area contributed by atoms with Crippen LogP contribution in [0.3, 0.4) is 0 Å². The molecule has 1 amide bonds. The van der Waals surface area contributed by atoms with Crippen LogP contribution in [0.4, 0.5) is 5.95 Å². The third-order valence-corrected chi connectivity index (χ3v) is 4.72. The summed E-state index contributed by atoms with van der Waals surface area (Å²) in [6, 6.07) is 0.300. The molecule has 2 rings (SSSR count). The standard InChI is InChI=1S/C12H21N5OS/c1-7-4-3-5-9(8(7)2)14-10(18)6-19-12-15-11(13)16-17-12/h7-9H,3-6H2,1-2H3,(H,14,18)(H3,13,15,16,17)/t7-,8+,9-/m1/s1. The van der Waals surface area contributed by atoms with Crippen molar-refractivity contribution in [3.8, 4) is 0 Å². The lowest BCUT2D eigenvalue weighted by molar-refractivity contribution is -0.120. The second kappa shape index (κ2) is 6.27. The van der Waals surface area contributed by atoms with Crippen LogP contribution >= 0.6 is 11.8 Å². The molecule has 0 spiro atoms. The van der Waals surface area contributed by atoms with Crippen LogP contribution in [0.15, 0.2) is 5.16 Å². The van der Waals surface area contributed by atoms with Crippen molar-refractivity contribution in [2.24, 2.45) is 11.8 Å². The molecule has 7 heteroatoms. The van der Waals surface area contributed by atoms with Gasteiger partial charge in [-0.1, -0.05) is 38.5 Å². The summed E-state index contributed by atoms with van der Waals surface area (Å²) in [5, 5.41) is 10.1. The SMILES string of the molecule is C[C@H]1[C@H](C)CCC[C@H]1NC(=O)CSc1n[nH]c(N)n1. The zero-order valence-electron chi connectivity index (χ0n) is 11.3. The van der Waals surface area contributed by atoms with Crippen LogP contribution in [0.5, 0.6) is 0 Å². The lowest BCUT2D eigenvalue weighted by Gasteiger charge is -2.34. The van der Waals surface area contributed by atoms with E-state index in [0.29, 0.717) is 28.8 Å². The average Bonchev–Trinajstić information content (AvgIpc) is 2.78. The highest BCUT2D eigenvalue weighted by Crippen LogP contribution is 2.29. The van der Waals surface area contributed by atoms with Crippen LogP contribution < -0.4 is 11.1 Å².